The van der Waals surface area contributed by atoms with Crippen molar-refractivity contribution in [2.75, 3.05) is 0 Å². The lowest BCUT2D eigenvalue weighted by molar-refractivity contribution is 1.01. The summed E-state index contributed by atoms with van der Waals surface area (Å²) >= 11 is 0. The molecule has 0 amide bonds. The average Bonchev–Trinajstić information content (AvgIpc) is 3.92. The Kier molecular flexibility index (Phi) is 7.08. The molecule has 4 heterocycles. The zero-order chi connectivity index (χ0) is 37.7. The van der Waals surface area contributed by atoms with Gasteiger partial charge in [0.2, 0.25) is 0 Å². The van der Waals surface area contributed by atoms with Crippen LogP contribution in [0.3, 0.4) is 0 Å². The smallest absolute Gasteiger partial charge is 0.0494 e. The lowest BCUT2D eigenvalue weighted by Gasteiger charge is -2.06. The first-order chi connectivity index (χ1) is 27.4. The first-order valence-corrected chi connectivity index (χ1v) is 19.3. The van der Waals surface area contributed by atoms with E-state index < -0.39 is 0 Å². The van der Waals surface area contributed by atoms with E-state index in [1.807, 2.05) is 0 Å². The van der Waals surface area contributed by atoms with E-state index in [1.54, 1.807) is 0 Å². The molecule has 0 bridgehead atoms. The van der Waals surface area contributed by atoms with E-state index >= 15 is 0 Å². The summed E-state index contributed by atoms with van der Waals surface area (Å²) in [5.74, 6) is 0. The Morgan fingerprint density at radius 3 is 0.839 bits per heavy atom. The second-order valence-electron chi connectivity index (χ2n) is 15.2. The third kappa shape index (κ3) is 4.72. The van der Waals surface area contributed by atoms with Gasteiger partial charge >= 0.3 is 0 Å². The van der Waals surface area contributed by atoms with Gasteiger partial charge in [-0.1, -0.05) is 115 Å². The lowest BCUT2D eigenvalue weighted by Crippen LogP contribution is -1.88. The van der Waals surface area contributed by atoms with Gasteiger partial charge in [-0.3, -0.25) is 0 Å². The summed E-state index contributed by atoms with van der Waals surface area (Å²) in [4.78, 5) is 0. The van der Waals surface area contributed by atoms with E-state index in [2.05, 4.69) is 216 Å². The topological polar surface area (TPSA) is 19.7 Å². The monoisotopic (exact) mass is 720 g/mol. The van der Waals surface area contributed by atoms with Gasteiger partial charge in [0.05, 0.1) is 0 Å². The molecule has 0 saturated carbocycles. The van der Waals surface area contributed by atoms with Gasteiger partial charge in [-0.15, -0.1) is 0 Å². The minimum absolute atomic E-state index is 1.26. The molecule has 0 aliphatic carbocycles. The van der Waals surface area contributed by atoms with Crippen molar-refractivity contribution in [1.82, 2.24) is 18.3 Å². The summed E-state index contributed by atoms with van der Waals surface area (Å²) in [6, 6.07) is 61.8. The Hall–Kier alpha value is -7.04. The molecule has 0 aliphatic heterocycles. The quantitative estimate of drug-likeness (QED) is 0.169. The summed E-state index contributed by atoms with van der Waals surface area (Å²) in [6.07, 6.45) is 0. The van der Waals surface area contributed by atoms with E-state index in [0.717, 1.165) is 0 Å². The van der Waals surface area contributed by atoms with Gasteiger partial charge in [-0.05, 0) is 76.9 Å². The van der Waals surface area contributed by atoms with Gasteiger partial charge < -0.3 is 18.3 Å². The van der Waals surface area contributed by atoms with Crippen molar-refractivity contribution in [1.29, 1.82) is 0 Å². The zero-order valence-corrected chi connectivity index (χ0v) is 32.0. The minimum atomic E-state index is 1.26. The number of nitrogens with zero attached hydrogens (tertiary/aromatic N) is 4. The van der Waals surface area contributed by atoms with Crippen molar-refractivity contribution in [2.45, 2.75) is 0 Å². The number of aromatic nitrogens is 4. The molecule has 0 atom stereocenters. The van der Waals surface area contributed by atoms with Crippen molar-refractivity contribution < 1.29 is 0 Å². The van der Waals surface area contributed by atoms with Crippen LogP contribution in [0, 0.1) is 0 Å². The SMILES string of the molecule is Cn1c2ccccc2c2cc(-c3ccc4c5ccccc5n(C)c4c3)ccc21.Cn1c2ccccc2c2ccc(-c3ccc4c5ccccc5n(C)c4c3)cc21. The van der Waals surface area contributed by atoms with Crippen molar-refractivity contribution in [3.8, 4) is 22.3 Å². The molecule has 12 aromatic rings. The highest BCUT2D eigenvalue weighted by atomic mass is 15.0. The summed E-state index contributed by atoms with van der Waals surface area (Å²) in [5.41, 5.74) is 15.2. The van der Waals surface area contributed by atoms with Gasteiger partial charge in [0.1, 0.15) is 0 Å². The summed E-state index contributed by atoms with van der Waals surface area (Å²) in [5, 5.41) is 10.5. The first-order valence-electron chi connectivity index (χ1n) is 19.3. The van der Waals surface area contributed by atoms with Crippen LogP contribution in [-0.4, -0.2) is 18.3 Å². The van der Waals surface area contributed by atoms with E-state index in [-0.39, 0.29) is 0 Å². The van der Waals surface area contributed by atoms with Crippen LogP contribution in [0.4, 0.5) is 0 Å². The average molecular weight is 721 g/mol. The van der Waals surface area contributed by atoms with Crippen LogP contribution in [0.15, 0.2) is 170 Å². The third-order valence-electron chi connectivity index (χ3n) is 12.3. The fraction of sp³-hybridized carbons (Fsp3) is 0.0769. The summed E-state index contributed by atoms with van der Waals surface area (Å²) in [6.45, 7) is 0. The van der Waals surface area contributed by atoms with Crippen molar-refractivity contribution >= 4 is 87.2 Å². The fourth-order valence-corrected chi connectivity index (χ4v) is 9.37. The Morgan fingerprint density at radius 2 is 0.464 bits per heavy atom. The van der Waals surface area contributed by atoms with Gasteiger partial charge in [-0.2, -0.15) is 0 Å². The molecule has 4 heteroatoms. The van der Waals surface area contributed by atoms with E-state index in [4.69, 9.17) is 0 Å². The lowest BCUT2D eigenvalue weighted by atomic mass is 10.0. The number of aryl methyl sites for hydroxylation is 4. The number of hydrogen-bond donors (Lipinski definition) is 0. The molecule has 56 heavy (non-hydrogen) atoms. The van der Waals surface area contributed by atoms with Crippen molar-refractivity contribution in [2.24, 2.45) is 28.2 Å². The maximum Gasteiger partial charge on any atom is 0.0494 e. The molecule has 12 rings (SSSR count). The highest BCUT2D eigenvalue weighted by Gasteiger charge is 2.14. The Bertz CT molecular complexity index is 3400. The van der Waals surface area contributed by atoms with Crippen LogP contribution in [-0.2, 0) is 28.2 Å². The summed E-state index contributed by atoms with van der Waals surface area (Å²) < 4.78 is 9.17. The van der Waals surface area contributed by atoms with E-state index in [9.17, 15) is 0 Å². The van der Waals surface area contributed by atoms with Crippen LogP contribution in [0.2, 0.25) is 0 Å². The first kappa shape index (κ1) is 32.4. The molecule has 4 nitrogen and oxygen atoms in total. The molecule has 0 unspecified atom stereocenters. The number of hydrogen-bond acceptors (Lipinski definition) is 0. The predicted octanol–water partition coefficient (Wildman–Crippen LogP) is 13.3. The molecule has 0 saturated heterocycles. The van der Waals surface area contributed by atoms with E-state index in [1.165, 1.54) is 109 Å². The van der Waals surface area contributed by atoms with Gasteiger partial charge in [0.15, 0.2) is 0 Å². The third-order valence-corrected chi connectivity index (χ3v) is 12.3. The Morgan fingerprint density at radius 1 is 0.214 bits per heavy atom. The molecular weight excluding hydrogens is 681 g/mol. The van der Waals surface area contributed by atoms with Crippen LogP contribution >= 0.6 is 0 Å². The summed E-state index contributed by atoms with van der Waals surface area (Å²) in [7, 11) is 8.61. The fourth-order valence-electron chi connectivity index (χ4n) is 9.37. The molecule has 8 aromatic carbocycles. The largest absolute Gasteiger partial charge is 0.344 e. The zero-order valence-electron chi connectivity index (χ0n) is 32.0. The molecule has 0 spiro atoms. The second kappa shape index (κ2) is 12.2. The van der Waals surface area contributed by atoms with Crippen LogP contribution in [0.25, 0.3) is 109 Å². The molecule has 0 radical (unpaired) electrons. The Labute approximate surface area is 324 Å². The van der Waals surface area contributed by atoms with Crippen LogP contribution in [0.1, 0.15) is 0 Å². The molecule has 0 aliphatic rings. The molecule has 4 aromatic heterocycles. The van der Waals surface area contributed by atoms with Gasteiger partial charge in [-0.25, -0.2) is 0 Å². The van der Waals surface area contributed by atoms with Crippen molar-refractivity contribution in [3.63, 3.8) is 0 Å². The molecule has 268 valence electrons. The predicted molar refractivity (Wildman–Crippen MR) is 240 cm³/mol. The molecular formula is C52H40N4. The number of fused-ring (bicyclic) bond motifs is 12. The maximum atomic E-state index is 2.33. The Balaban J connectivity index is 0.000000130. The van der Waals surface area contributed by atoms with Gasteiger partial charge in [0, 0.05) is 115 Å². The highest BCUT2D eigenvalue weighted by Crippen LogP contribution is 2.37. The van der Waals surface area contributed by atoms with Gasteiger partial charge in [0.25, 0.3) is 0 Å². The number of para-hydroxylation sites is 4. The van der Waals surface area contributed by atoms with E-state index in [0.29, 0.717) is 0 Å². The maximum absolute atomic E-state index is 2.33. The van der Waals surface area contributed by atoms with Crippen molar-refractivity contribution in [3.05, 3.63) is 170 Å². The standard InChI is InChI=1S/2C26H20N2/c1-27-24-10-6-4-8-20(24)22-15-17(12-14-25(22)27)18-11-13-21-19-7-3-5-9-23(19)28(2)26(21)16-18;1-27-23-9-5-3-7-19(23)21-13-11-17(15-25(21)27)18-12-14-22-20-8-4-6-10-24(20)28(2)26(22)16-18/h2*3-16H,1-2H3. The van der Waals surface area contributed by atoms with Crippen LogP contribution in [0.5, 0.6) is 0 Å². The minimum Gasteiger partial charge on any atom is -0.344 e. The van der Waals surface area contributed by atoms with Crippen LogP contribution < -0.4 is 0 Å². The number of rotatable bonds is 2. The highest BCUT2D eigenvalue weighted by molar-refractivity contribution is 6.12. The molecule has 0 fully saturated rings. The second-order valence-corrected chi connectivity index (χ2v) is 15.2. The normalized spacial score (nSPS) is 11.9. The molecule has 0 N–H and O–H groups in total. The number of benzene rings is 8.